The number of carbonyl (C=O) groups is 1. The van der Waals surface area contributed by atoms with Gasteiger partial charge in [-0.2, -0.15) is 4.98 Å². The van der Waals surface area contributed by atoms with Crippen molar-refractivity contribution in [1.29, 1.82) is 0 Å². The number of aromatic nitrogens is 2. The van der Waals surface area contributed by atoms with Gasteiger partial charge in [0, 0.05) is 25.1 Å². The standard InChI is InChI=1S/C23H25FN4O2/c1-27(15-17-5-3-2-4-6-17)23(29)19-11-13-28(14-12-19)16-21-25-22(26-30-21)18-7-9-20(24)10-8-18/h2-10,19H,11-16H2,1H3. The van der Waals surface area contributed by atoms with Crippen LogP contribution in [0.2, 0.25) is 0 Å². The first kappa shape index (κ1) is 20.2. The summed E-state index contributed by atoms with van der Waals surface area (Å²) in [5, 5.41) is 3.99. The lowest BCUT2D eigenvalue weighted by Gasteiger charge is -2.32. The fraction of sp³-hybridized carbons (Fsp3) is 0.348. The molecule has 2 aromatic carbocycles. The minimum atomic E-state index is -0.297. The lowest BCUT2D eigenvalue weighted by atomic mass is 9.95. The first-order chi connectivity index (χ1) is 14.6. The fourth-order valence-electron chi connectivity index (χ4n) is 3.81. The van der Waals surface area contributed by atoms with Crippen molar-refractivity contribution in [3.8, 4) is 11.4 Å². The zero-order chi connectivity index (χ0) is 20.9. The molecule has 1 saturated heterocycles. The molecule has 7 heteroatoms. The van der Waals surface area contributed by atoms with Crippen LogP contribution >= 0.6 is 0 Å². The van der Waals surface area contributed by atoms with Crippen LogP contribution in [0.1, 0.15) is 24.3 Å². The molecule has 1 amide bonds. The topological polar surface area (TPSA) is 62.5 Å². The van der Waals surface area contributed by atoms with E-state index >= 15 is 0 Å². The van der Waals surface area contributed by atoms with Crippen molar-refractivity contribution in [3.63, 3.8) is 0 Å². The molecule has 0 aliphatic carbocycles. The summed E-state index contributed by atoms with van der Waals surface area (Å²) in [5.41, 5.74) is 1.86. The molecule has 1 fully saturated rings. The molecule has 4 rings (SSSR count). The predicted molar refractivity (Wildman–Crippen MR) is 111 cm³/mol. The number of hydrogen-bond acceptors (Lipinski definition) is 5. The van der Waals surface area contributed by atoms with Crippen molar-refractivity contribution in [2.24, 2.45) is 5.92 Å². The van der Waals surface area contributed by atoms with E-state index in [4.69, 9.17) is 4.52 Å². The van der Waals surface area contributed by atoms with Crippen LogP contribution in [-0.4, -0.2) is 46.0 Å². The van der Waals surface area contributed by atoms with Crippen LogP contribution in [0, 0.1) is 11.7 Å². The van der Waals surface area contributed by atoms with Gasteiger partial charge in [-0.3, -0.25) is 9.69 Å². The van der Waals surface area contributed by atoms with E-state index in [1.54, 1.807) is 12.1 Å². The zero-order valence-corrected chi connectivity index (χ0v) is 17.0. The van der Waals surface area contributed by atoms with Crippen molar-refractivity contribution in [3.05, 3.63) is 71.9 Å². The van der Waals surface area contributed by atoms with E-state index in [9.17, 15) is 9.18 Å². The van der Waals surface area contributed by atoms with E-state index in [-0.39, 0.29) is 17.6 Å². The molecule has 3 aromatic rings. The maximum atomic E-state index is 13.1. The number of carbonyl (C=O) groups excluding carboxylic acids is 1. The Morgan fingerprint density at radius 1 is 1.13 bits per heavy atom. The number of amides is 1. The zero-order valence-electron chi connectivity index (χ0n) is 17.0. The minimum absolute atomic E-state index is 0.0485. The first-order valence-electron chi connectivity index (χ1n) is 10.2. The summed E-state index contributed by atoms with van der Waals surface area (Å²) in [4.78, 5) is 21.3. The summed E-state index contributed by atoms with van der Waals surface area (Å²) in [6, 6.07) is 16.1. The molecule has 1 aliphatic rings. The summed E-state index contributed by atoms with van der Waals surface area (Å²) in [6.07, 6.45) is 1.63. The summed E-state index contributed by atoms with van der Waals surface area (Å²) in [5.74, 6) is 0.939. The number of nitrogens with zero attached hydrogens (tertiary/aromatic N) is 4. The second-order valence-electron chi connectivity index (χ2n) is 7.75. The highest BCUT2D eigenvalue weighted by molar-refractivity contribution is 5.78. The third-order valence-corrected chi connectivity index (χ3v) is 5.50. The molecular formula is C23H25FN4O2. The lowest BCUT2D eigenvalue weighted by Crippen LogP contribution is -2.40. The number of hydrogen-bond donors (Lipinski definition) is 0. The Bertz CT molecular complexity index is 966. The molecule has 0 unspecified atom stereocenters. The van der Waals surface area contributed by atoms with Gasteiger partial charge >= 0.3 is 0 Å². The monoisotopic (exact) mass is 408 g/mol. The maximum absolute atomic E-state index is 13.1. The van der Waals surface area contributed by atoms with Crippen LogP contribution < -0.4 is 0 Å². The molecule has 0 radical (unpaired) electrons. The summed E-state index contributed by atoms with van der Waals surface area (Å²) in [6.45, 7) is 2.80. The highest BCUT2D eigenvalue weighted by Crippen LogP contribution is 2.22. The fourth-order valence-corrected chi connectivity index (χ4v) is 3.81. The van der Waals surface area contributed by atoms with Crippen LogP contribution in [0.15, 0.2) is 59.1 Å². The lowest BCUT2D eigenvalue weighted by molar-refractivity contribution is -0.136. The molecule has 0 saturated carbocycles. The summed E-state index contributed by atoms with van der Waals surface area (Å²) in [7, 11) is 1.87. The smallest absolute Gasteiger partial charge is 0.241 e. The van der Waals surface area contributed by atoms with E-state index in [0.717, 1.165) is 37.1 Å². The van der Waals surface area contributed by atoms with Gasteiger partial charge in [0.05, 0.1) is 6.54 Å². The van der Waals surface area contributed by atoms with Gasteiger partial charge in [0.25, 0.3) is 0 Å². The molecule has 0 atom stereocenters. The van der Waals surface area contributed by atoms with E-state index in [0.29, 0.717) is 24.8 Å². The van der Waals surface area contributed by atoms with Crippen molar-refractivity contribution in [2.45, 2.75) is 25.9 Å². The van der Waals surface area contributed by atoms with Crippen LogP contribution in [-0.2, 0) is 17.9 Å². The highest BCUT2D eigenvalue weighted by Gasteiger charge is 2.28. The quantitative estimate of drug-likeness (QED) is 0.622. The van der Waals surface area contributed by atoms with Gasteiger partial charge in [0.1, 0.15) is 5.82 Å². The summed E-state index contributed by atoms with van der Waals surface area (Å²) < 4.78 is 18.4. The van der Waals surface area contributed by atoms with Crippen LogP contribution in [0.3, 0.4) is 0 Å². The number of rotatable bonds is 6. The Morgan fingerprint density at radius 3 is 2.53 bits per heavy atom. The van der Waals surface area contributed by atoms with Crippen molar-refractivity contribution < 1.29 is 13.7 Å². The Labute approximate surface area is 175 Å². The third-order valence-electron chi connectivity index (χ3n) is 5.50. The Balaban J connectivity index is 1.27. The molecule has 30 heavy (non-hydrogen) atoms. The molecule has 2 heterocycles. The minimum Gasteiger partial charge on any atom is -0.341 e. The molecule has 6 nitrogen and oxygen atoms in total. The molecule has 1 aromatic heterocycles. The average Bonchev–Trinajstić information content (AvgIpc) is 3.23. The molecule has 0 spiro atoms. The molecule has 0 bridgehead atoms. The highest BCUT2D eigenvalue weighted by atomic mass is 19.1. The number of likely N-dealkylation sites (tertiary alicyclic amines) is 1. The van der Waals surface area contributed by atoms with E-state index in [1.807, 2.05) is 42.3 Å². The maximum Gasteiger partial charge on any atom is 0.241 e. The molecule has 156 valence electrons. The SMILES string of the molecule is CN(Cc1ccccc1)C(=O)C1CCN(Cc2nc(-c3ccc(F)cc3)no2)CC1. The van der Waals surface area contributed by atoms with Gasteiger partial charge in [0.15, 0.2) is 0 Å². The van der Waals surface area contributed by atoms with Crippen molar-refractivity contribution >= 4 is 5.91 Å². The van der Waals surface area contributed by atoms with Crippen LogP contribution in [0.4, 0.5) is 4.39 Å². The molecular weight excluding hydrogens is 383 g/mol. The van der Waals surface area contributed by atoms with Gasteiger partial charge in [-0.15, -0.1) is 0 Å². The number of piperidine rings is 1. The van der Waals surface area contributed by atoms with E-state index in [1.165, 1.54) is 12.1 Å². The van der Waals surface area contributed by atoms with Gasteiger partial charge in [0.2, 0.25) is 17.6 Å². The van der Waals surface area contributed by atoms with Crippen molar-refractivity contribution in [1.82, 2.24) is 19.9 Å². The van der Waals surface area contributed by atoms with Crippen molar-refractivity contribution in [2.75, 3.05) is 20.1 Å². The second-order valence-corrected chi connectivity index (χ2v) is 7.75. The largest absolute Gasteiger partial charge is 0.341 e. The van der Waals surface area contributed by atoms with Gasteiger partial charge in [-0.1, -0.05) is 35.5 Å². The first-order valence-corrected chi connectivity index (χ1v) is 10.2. The number of halogens is 1. The molecule has 0 N–H and O–H groups in total. The van der Waals surface area contributed by atoms with Crippen LogP contribution in [0.25, 0.3) is 11.4 Å². The third kappa shape index (κ3) is 4.91. The Kier molecular flexibility index (Phi) is 6.18. The van der Waals surface area contributed by atoms with E-state index < -0.39 is 0 Å². The van der Waals surface area contributed by atoms with E-state index in [2.05, 4.69) is 15.0 Å². The Hall–Kier alpha value is -3.06. The second kappa shape index (κ2) is 9.17. The molecule has 1 aliphatic heterocycles. The average molecular weight is 408 g/mol. The number of benzene rings is 2. The van der Waals surface area contributed by atoms with Gasteiger partial charge in [-0.05, 0) is 55.8 Å². The van der Waals surface area contributed by atoms with Gasteiger partial charge < -0.3 is 9.42 Å². The summed E-state index contributed by atoms with van der Waals surface area (Å²) >= 11 is 0. The predicted octanol–water partition coefficient (Wildman–Crippen LogP) is 3.75. The normalized spacial score (nSPS) is 15.3. The van der Waals surface area contributed by atoms with Crippen LogP contribution in [0.5, 0.6) is 0 Å². The van der Waals surface area contributed by atoms with Gasteiger partial charge in [-0.25, -0.2) is 4.39 Å². The Morgan fingerprint density at radius 2 is 1.83 bits per heavy atom.